The second-order valence-corrected chi connectivity index (χ2v) is 7.50. The van der Waals surface area contributed by atoms with E-state index in [9.17, 15) is 0 Å². The highest BCUT2D eigenvalue weighted by Crippen LogP contribution is 2.21. The second-order valence-electron chi connectivity index (χ2n) is 6.11. The minimum atomic E-state index is 0.297. The van der Waals surface area contributed by atoms with Crippen molar-refractivity contribution in [3.05, 3.63) is 52.7 Å². The summed E-state index contributed by atoms with van der Waals surface area (Å²) in [6, 6.07) is 15.3. The lowest BCUT2D eigenvalue weighted by molar-refractivity contribution is -0.920. The van der Waals surface area contributed by atoms with Crippen molar-refractivity contribution >= 4 is 34.4 Å². The lowest BCUT2D eigenvalue weighted by atomic mass is 10.1. The van der Waals surface area contributed by atoms with E-state index in [1.807, 2.05) is 41.7 Å². The molecule has 0 unspecified atom stereocenters. The average molecular weight is 347 g/mol. The summed E-state index contributed by atoms with van der Waals surface area (Å²) >= 11 is 7.36. The number of para-hydroxylation sites is 1. The molecule has 0 amide bonds. The van der Waals surface area contributed by atoms with E-state index in [2.05, 4.69) is 35.1 Å². The number of benzene rings is 1. The van der Waals surface area contributed by atoms with Crippen LogP contribution >= 0.6 is 23.6 Å². The van der Waals surface area contributed by atoms with Crippen LogP contribution in [0.5, 0.6) is 0 Å². The summed E-state index contributed by atoms with van der Waals surface area (Å²) in [5.41, 5.74) is 1.03. The molecule has 2 atom stereocenters. The largest absolute Gasteiger partial charge is 0.354 e. The van der Waals surface area contributed by atoms with Crippen LogP contribution in [-0.2, 0) is 0 Å². The van der Waals surface area contributed by atoms with Gasteiger partial charge in [0.15, 0.2) is 5.11 Å². The first kappa shape index (κ1) is 16.4. The fourth-order valence-corrected chi connectivity index (χ4v) is 4.68. The minimum absolute atomic E-state index is 0.297. The van der Waals surface area contributed by atoms with Crippen LogP contribution in [0.25, 0.3) is 0 Å². The highest BCUT2D eigenvalue weighted by Gasteiger charge is 2.33. The molecule has 3 N–H and O–H groups in total. The predicted molar refractivity (Wildman–Crippen MR) is 102 cm³/mol. The zero-order valence-electron chi connectivity index (χ0n) is 13.4. The zero-order valence-corrected chi connectivity index (χ0v) is 15.1. The van der Waals surface area contributed by atoms with Crippen molar-refractivity contribution in [1.82, 2.24) is 5.32 Å². The van der Waals surface area contributed by atoms with Gasteiger partial charge in [0.2, 0.25) is 0 Å². The normalized spacial score (nSPS) is 17.6. The topological polar surface area (TPSA) is 28.5 Å². The molecule has 1 aliphatic rings. The van der Waals surface area contributed by atoms with Gasteiger partial charge in [-0.25, -0.2) is 0 Å². The average Bonchev–Trinajstić information content (AvgIpc) is 3.22. The lowest BCUT2D eigenvalue weighted by Gasteiger charge is -2.30. The van der Waals surface area contributed by atoms with E-state index in [0.717, 1.165) is 5.69 Å². The fourth-order valence-electron chi connectivity index (χ4n) is 3.39. The summed E-state index contributed by atoms with van der Waals surface area (Å²) < 4.78 is 0. The monoisotopic (exact) mass is 346 g/mol. The summed E-state index contributed by atoms with van der Waals surface area (Å²) in [6.07, 6.45) is 2.66. The first-order valence-corrected chi connectivity index (χ1v) is 9.53. The Morgan fingerprint density at radius 3 is 2.52 bits per heavy atom. The first-order valence-electron chi connectivity index (χ1n) is 8.24. The van der Waals surface area contributed by atoms with E-state index in [4.69, 9.17) is 12.2 Å². The Labute approximate surface area is 147 Å². The van der Waals surface area contributed by atoms with Crippen LogP contribution in [0.4, 0.5) is 5.69 Å². The molecule has 0 saturated carbocycles. The van der Waals surface area contributed by atoms with Crippen molar-refractivity contribution in [1.29, 1.82) is 0 Å². The summed E-state index contributed by atoms with van der Waals surface area (Å²) in [4.78, 5) is 3.12. The molecule has 0 aliphatic carbocycles. The molecular weight excluding hydrogens is 322 g/mol. The molecule has 0 radical (unpaired) electrons. The van der Waals surface area contributed by atoms with E-state index in [1.165, 1.54) is 30.8 Å². The molecule has 122 valence electrons. The van der Waals surface area contributed by atoms with E-state index in [0.29, 0.717) is 17.2 Å². The lowest BCUT2D eigenvalue weighted by Crippen LogP contribution is -3.11. The number of thiocarbonyl (C=S) groups is 1. The molecule has 1 aromatic heterocycles. The summed E-state index contributed by atoms with van der Waals surface area (Å²) in [5, 5.41) is 9.65. The van der Waals surface area contributed by atoms with Crippen LogP contribution in [0, 0.1) is 0 Å². The molecule has 1 fully saturated rings. The maximum atomic E-state index is 5.51. The number of likely N-dealkylation sites (tertiary alicyclic amines) is 1. The molecule has 1 aliphatic heterocycles. The molecule has 2 aromatic rings. The third-order valence-corrected chi connectivity index (χ3v) is 5.60. The second kappa shape index (κ2) is 7.90. The van der Waals surface area contributed by atoms with Crippen molar-refractivity contribution in [3.63, 3.8) is 0 Å². The minimum Gasteiger partial charge on any atom is -0.354 e. The number of rotatable bonds is 5. The fraction of sp³-hybridized carbons (Fsp3) is 0.389. The van der Waals surface area contributed by atoms with Gasteiger partial charge in [-0.3, -0.25) is 0 Å². The standard InChI is InChI=1S/C18H23N3S2/c1-14(19-18(22)20-15-8-3-2-4-9-15)17(16-10-7-13-23-16)21-11-5-6-12-21/h2-4,7-10,13-14,17H,5-6,11-12H2,1H3,(H2,19,20,22)/p+1/t14-,17+/m0/s1. The Kier molecular flexibility index (Phi) is 5.65. The maximum Gasteiger partial charge on any atom is 0.171 e. The molecule has 0 spiro atoms. The molecule has 23 heavy (non-hydrogen) atoms. The smallest absolute Gasteiger partial charge is 0.171 e. The van der Waals surface area contributed by atoms with Gasteiger partial charge >= 0.3 is 0 Å². The van der Waals surface area contributed by atoms with Crippen molar-refractivity contribution in [3.8, 4) is 0 Å². The van der Waals surface area contributed by atoms with Crippen molar-refractivity contribution in [2.45, 2.75) is 31.8 Å². The van der Waals surface area contributed by atoms with Crippen LogP contribution in [0.1, 0.15) is 30.7 Å². The number of hydrogen-bond donors (Lipinski definition) is 3. The van der Waals surface area contributed by atoms with E-state index in [-0.39, 0.29) is 0 Å². The van der Waals surface area contributed by atoms with Gasteiger partial charge in [0.1, 0.15) is 6.04 Å². The SMILES string of the molecule is C[C@H](NC(=S)Nc1ccccc1)[C@H](c1cccs1)[NH+]1CCCC1. The van der Waals surface area contributed by atoms with Gasteiger partial charge in [-0.05, 0) is 42.7 Å². The number of anilines is 1. The van der Waals surface area contributed by atoms with Gasteiger partial charge in [0.05, 0.1) is 24.0 Å². The van der Waals surface area contributed by atoms with Crippen molar-refractivity contribution < 1.29 is 4.90 Å². The molecule has 0 bridgehead atoms. The first-order chi connectivity index (χ1) is 11.2. The van der Waals surface area contributed by atoms with Crippen LogP contribution in [0.3, 0.4) is 0 Å². The highest BCUT2D eigenvalue weighted by atomic mass is 32.1. The number of quaternary nitrogens is 1. The molecular formula is C18H24N3S2+. The van der Waals surface area contributed by atoms with Gasteiger partial charge in [0.25, 0.3) is 0 Å². The molecule has 3 nitrogen and oxygen atoms in total. The summed E-state index contributed by atoms with van der Waals surface area (Å²) in [5.74, 6) is 0. The molecule has 1 aromatic carbocycles. The van der Waals surface area contributed by atoms with Crippen LogP contribution in [0.2, 0.25) is 0 Å². The molecule has 2 heterocycles. The van der Waals surface area contributed by atoms with E-state index < -0.39 is 0 Å². The molecule has 5 heteroatoms. The number of nitrogens with one attached hydrogen (secondary N) is 3. The van der Waals surface area contributed by atoms with Gasteiger partial charge in [-0.2, -0.15) is 0 Å². The Hall–Kier alpha value is -1.43. The predicted octanol–water partition coefficient (Wildman–Crippen LogP) is 2.84. The highest BCUT2D eigenvalue weighted by molar-refractivity contribution is 7.80. The Balaban J connectivity index is 1.66. The van der Waals surface area contributed by atoms with Gasteiger partial charge in [-0.15, -0.1) is 11.3 Å². The van der Waals surface area contributed by atoms with Gasteiger partial charge < -0.3 is 15.5 Å². The zero-order chi connectivity index (χ0) is 16.1. The summed E-state index contributed by atoms with van der Waals surface area (Å²) in [7, 11) is 0. The third-order valence-electron chi connectivity index (χ3n) is 4.43. The number of hydrogen-bond acceptors (Lipinski definition) is 2. The van der Waals surface area contributed by atoms with Crippen LogP contribution in [-0.4, -0.2) is 24.2 Å². The van der Waals surface area contributed by atoms with Crippen LogP contribution < -0.4 is 15.5 Å². The molecule has 3 rings (SSSR count). The quantitative estimate of drug-likeness (QED) is 0.727. The van der Waals surface area contributed by atoms with Gasteiger partial charge in [0, 0.05) is 18.5 Å². The Bertz CT molecular complexity index is 606. The van der Waals surface area contributed by atoms with Crippen molar-refractivity contribution in [2.24, 2.45) is 0 Å². The van der Waals surface area contributed by atoms with E-state index >= 15 is 0 Å². The maximum absolute atomic E-state index is 5.51. The van der Waals surface area contributed by atoms with E-state index in [1.54, 1.807) is 4.90 Å². The third kappa shape index (κ3) is 4.31. The van der Waals surface area contributed by atoms with Crippen LogP contribution in [0.15, 0.2) is 47.8 Å². The summed E-state index contributed by atoms with van der Waals surface area (Å²) in [6.45, 7) is 4.76. The van der Waals surface area contributed by atoms with Crippen molar-refractivity contribution in [2.75, 3.05) is 18.4 Å². The number of thiophene rings is 1. The van der Waals surface area contributed by atoms with Gasteiger partial charge in [-0.1, -0.05) is 24.3 Å². The Morgan fingerprint density at radius 1 is 1.13 bits per heavy atom. The molecule has 1 saturated heterocycles. The Morgan fingerprint density at radius 2 is 1.87 bits per heavy atom.